The number of carbonyl (C=O) groups is 3. The highest BCUT2D eigenvalue weighted by atomic mass is 16.6. The number of hydroxylamine groups is 1. The van der Waals surface area contributed by atoms with E-state index in [1.54, 1.807) is 20.8 Å². The van der Waals surface area contributed by atoms with E-state index in [9.17, 15) is 14.4 Å². The Kier molecular flexibility index (Phi) is 6.19. The minimum atomic E-state index is -0.548. The van der Waals surface area contributed by atoms with Crippen LogP contribution in [-0.4, -0.2) is 37.9 Å². The van der Waals surface area contributed by atoms with Crippen molar-refractivity contribution in [3.8, 4) is 0 Å². The van der Waals surface area contributed by atoms with Gasteiger partial charge in [0.2, 0.25) is 11.8 Å². The van der Waals surface area contributed by atoms with Gasteiger partial charge < -0.3 is 10.6 Å². The van der Waals surface area contributed by atoms with Gasteiger partial charge in [0.1, 0.15) is 0 Å². The van der Waals surface area contributed by atoms with E-state index in [1.807, 2.05) is 5.48 Å². The van der Waals surface area contributed by atoms with Crippen LogP contribution in [0.2, 0.25) is 0 Å². The summed E-state index contributed by atoms with van der Waals surface area (Å²) in [6.45, 7) is 4.87. The lowest BCUT2D eigenvalue weighted by Crippen LogP contribution is -2.44. The molecule has 0 aliphatic rings. The molecule has 0 aromatic rings. The van der Waals surface area contributed by atoms with Crippen LogP contribution in [0, 0.1) is 5.41 Å². The summed E-state index contributed by atoms with van der Waals surface area (Å²) in [6, 6.07) is 0. The van der Waals surface area contributed by atoms with E-state index in [2.05, 4.69) is 15.5 Å². The van der Waals surface area contributed by atoms with Crippen LogP contribution < -0.4 is 16.1 Å². The van der Waals surface area contributed by atoms with E-state index in [0.29, 0.717) is 0 Å². The number of amides is 3. The van der Waals surface area contributed by atoms with Crippen LogP contribution in [0.3, 0.4) is 0 Å². The maximum atomic E-state index is 11.4. The molecule has 0 aromatic heterocycles. The molecule has 0 spiro atoms. The second kappa shape index (κ2) is 6.85. The number of hydrogen-bond acceptors (Lipinski definition) is 4. The lowest BCUT2D eigenvalue weighted by atomic mass is 9.96. The zero-order chi connectivity index (χ0) is 13.5. The van der Waals surface area contributed by atoms with Crippen LogP contribution in [0.4, 0.5) is 0 Å². The Hall–Kier alpha value is -1.63. The molecule has 0 aromatic carbocycles. The van der Waals surface area contributed by atoms with Crippen molar-refractivity contribution in [3.63, 3.8) is 0 Å². The van der Waals surface area contributed by atoms with Gasteiger partial charge in [0.25, 0.3) is 5.91 Å². The van der Waals surface area contributed by atoms with Crippen LogP contribution >= 0.6 is 0 Å². The standard InChI is InChI=1S/C10H19N3O4/c1-10(2,3)9(16)12-5-7(14)11-6-8(15)13-17-4/h5-6H2,1-4H3,(H,11,14)(H,12,16)(H,13,15). The van der Waals surface area contributed by atoms with Crippen molar-refractivity contribution in [2.45, 2.75) is 20.8 Å². The maximum absolute atomic E-state index is 11.4. The van der Waals surface area contributed by atoms with Crippen molar-refractivity contribution in [1.29, 1.82) is 0 Å². The van der Waals surface area contributed by atoms with Crippen LogP contribution in [0.1, 0.15) is 20.8 Å². The second-order valence-electron chi connectivity index (χ2n) is 4.44. The fraction of sp³-hybridized carbons (Fsp3) is 0.700. The van der Waals surface area contributed by atoms with Crippen molar-refractivity contribution < 1.29 is 19.2 Å². The minimum absolute atomic E-state index is 0.156. The first-order valence-corrected chi connectivity index (χ1v) is 5.14. The number of rotatable bonds is 5. The molecule has 3 amide bonds. The highest BCUT2D eigenvalue weighted by Gasteiger charge is 2.21. The maximum Gasteiger partial charge on any atom is 0.262 e. The molecule has 0 saturated carbocycles. The molecule has 0 rings (SSSR count). The molecule has 98 valence electrons. The van der Waals surface area contributed by atoms with E-state index in [-0.39, 0.29) is 19.0 Å². The van der Waals surface area contributed by atoms with Gasteiger partial charge in [-0.2, -0.15) is 0 Å². The van der Waals surface area contributed by atoms with Gasteiger partial charge in [0.05, 0.1) is 20.2 Å². The molecule has 0 heterocycles. The van der Waals surface area contributed by atoms with Crippen molar-refractivity contribution in [3.05, 3.63) is 0 Å². The summed E-state index contributed by atoms with van der Waals surface area (Å²) in [5.74, 6) is -1.13. The summed E-state index contributed by atoms with van der Waals surface area (Å²) in [7, 11) is 1.29. The summed E-state index contributed by atoms with van der Waals surface area (Å²) in [5, 5.41) is 4.79. The van der Waals surface area contributed by atoms with Crippen LogP contribution in [0.15, 0.2) is 0 Å². The van der Waals surface area contributed by atoms with Crippen molar-refractivity contribution >= 4 is 17.7 Å². The predicted molar refractivity (Wildman–Crippen MR) is 60.6 cm³/mol. The highest BCUT2D eigenvalue weighted by Crippen LogP contribution is 2.11. The third-order valence-corrected chi connectivity index (χ3v) is 1.75. The number of hydrogen-bond donors (Lipinski definition) is 3. The Morgan fingerprint density at radius 3 is 2.00 bits per heavy atom. The molecule has 3 N–H and O–H groups in total. The van der Waals surface area contributed by atoms with Gasteiger partial charge in [-0.1, -0.05) is 20.8 Å². The van der Waals surface area contributed by atoms with E-state index in [1.165, 1.54) is 7.11 Å². The lowest BCUT2D eigenvalue weighted by molar-refractivity contribution is -0.133. The zero-order valence-electron chi connectivity index (χ0n) is 10.5. The Morgan fingerprint density at radius 2 is 1.53 bits per heavy atom. The minimum Gasteiger partial charge on any atom is -0.347 e. The fourth-order valence-corrected chi connectivity index (χ4v) is 0.817. The monoisotopic (exact) mass is 245 g/mol. The van der Waals surface area contributed by atoms with E-state index in [4.69, 9.17) is 0 Å². The normalized spacial score (nSPS) is 10.6. The van der Waals surface area contributed by atoms with E-state index >= 15 is 0 Å². The third-order valence-electron chi connectivity index (χ3n) is 1.75. The van der Waals surface area contributed by atoms with Gasteiger partial charge >= 0.3 is 0 Å². The molecule has 0 aliphatic carbocycles. The van der Waals surface area contributed by atoms with Crippen molar-refractivity contribution in [1.82, 2.24) is 16.1 Å². The summed E-state index contributed by atoms with van der Waals surface area (Å²) < 4.78 is 0. The van der Waals surface area contributed by atoms with Crippen molar-refractivity contribution in [2.24, 2.45) is 5.41 Å². The first-order chi connectivity index (χ1) is 7.77. The van der Waals surface area contributed by atoms with Gasteiger partial charge in [-0.25, -0.2) is 5.48 Å². The SMILES string of the molecule is CONC(=O)CNC(=O)CNC(=O)C(C)(C)C. The Labute approximate surface area is 100 Å². The fourth-order valence-electron chi connectivity index (χ4n) is 0.817. The third kappa shape index (κ3) is 7.29. The zero-order valence-corrected chi connectivity index (χ0v) is 10.5. The summed E-state index contributed by atoms with van der Waals surface area (Å²) in [4.78, 5) is 37.9. The molecule has 0 unspecified atom stereocenters. The predicted octanol–water partition coefficient (Wildman–Crippen LogP) is -1.06. The smallest absolute Gasteiger partial charge is 0.262 e. The van der Waals surface area contributed by atoms with Gasteiger partial charge in [0, 0.05) is 5.41 Å². The Morgan fingerprint density at radius 1 is 1.00 bits per heavy atom. The number of carbonyl (C=O) groups excluding carboxylic acids is 3. The molecule has 7 heteroatoms. The largest absolute Gasteiger partial charge is 0.347 e. The molecular weight excluding hydrogens is 226 g/mol. The quantitative estimate of drug-likeness (QED) is 0.538. The summed E-state index contributed by atoms with van der Waals surface area (Å²) in [5.41, 5.74) is 1.50. The molecular formula is C10H19N3O4. The molecule has 0 atom stereocenters. The topological polar surface area (TPSA) is 96.5 Å². The molecule has 7 nitrogen and oxygen atoms in total. The van der Waals surface area contributed by atoms with Crippen molar-refractivity contribution in [2.75, 3.05) is 20.2 Å². The Balaban J connectivity index is 3.82. The average molecular weight is 245 g/mol. The molecule has 0 radical (unpaired) electrons. The second-order valence-corrected chi connectivity index (χ2v) is 4.44. The van der Waals surface area contributed by atoms with Crippen LogP contribution in [0.5, 0.6) is 0 Å². The highest BCUT2D eigenvalue weighted by molar-refractivity contribution is 5.89. The van der Waals surface area contributed by atoms with Gasteiger partial charge in [-0.15, -0.1) is 0 Å². The molecule has 0 bridgehead atoms. The molecule has 0 aliphatic heterocycles. The molecule has 17 heavy (non-hydrogen) atoms. The van der Waals surface area contributed by atoms with E-state index in [0.717, 1.165) is 0 Å². The molecule has 0 saturated heterocycles. The van der Waals surface area contributed by atoms with Gasteiger partial charge in [-0.05, 0) is 0 Å². The summed E-state index contributed by atoms with van der Waals surface area (Å²) >= 11 is 0. The lowest BCUT2D eigenvalue weighted by Gasteiger charge is -2.17. The summed E-state index contributed by atoms with van der Waals surface area (Å²) in [6.07, 6.45) is 0. The average Bonchev–Trinajstić information content (AvgIpc) is 2.22. The number of nitrogens with one attached hydrogen (secondary N) is 3. The van der Waals surface area contributed by atoms with Gasteiger partial charge in [-0.3, -0.25) is 19.2 Å². The van der Waals surface area contributed by atoms with Gasteiger partial charge in [0.15, 0.2) is 0 Å². The van der Waals surface area contributed by atoms with Crippen LogP contribution in [0.25, 0.3) is 0 Å². The first kappa shape index (κ1) is 15.4. The van der Waals surface area contributed by atoms with Crippen LogP contribution in [-0.2, 0) is 19.2 Å². The molecule has 0 fully saturated rings. The van der Waals surface area contributed by atoms with E-state index < -0.39 is 17.2 Å². The first-order valence-electron chi connectivity index (χ1n) is 5.14. The Bertz CT molecular complexity index is 296.